The van der Waals surface area contributed by atoms with Crippen molar-refractivity contribution >= 4 is 35.0 Å². The number of halogens is 1. The topological polar surface area (TPSA) is 78.3 Å². The van der Waals surface area contributed by atoms with E-state index in [1.165, 1.54) is 11.8 Å². The molecule has 1 N–H and O–H groups in total. The first-order chi connectivity index (χ1) is 14.9. The van der Waals surface area contributed by atoms with Crippen molar-refractivity contribution in [3.8, 4) is 11.5 Å². The monoisotopic (exact) mass is 460 g/mol. The number of methoxy groups -OCH3 is 1. The van der Waals surface area contributed by atoms with E-state index in [9.17, 15) is 4.79 Å². The lowest BCUT2D eigenvalue weighted by atomic mass is 10.1. The lowest BCUT2D eigenvalue weighted by Gasteiger charge is -2.12. The van der Waals surface area contributed by atoms with Gasteiger partial charge in [-0.2, -0.15) is 0 Å². The molecule has 3 rings (SSSR count). The highest BCUT2D eigenvalue weighted by Crippen LogP contribution is 2.28. The number of aromatic nitrogens is 3. The molecule has 3 aromatic rings. The van der Waals surface area contributed by atoms with Gasteiger partial charge in [0.15, 0.2) is 11.0 Å². The molecule has 0 atom stereocenters. The predicted octanol–water partition coefficient (Wildman–Crippen LogP) is 4.89. The predicted molar refractivity (Wildman–Crippen MR) is 123 cm³/mol. The van der Waals surface area contributed by atoms with Gasteiger partial charge in [-0.15, -0.1) is 10.2 Å². The molecule has 1 amide bonds. The third-order valence-corrected chi connectivity index (χ3v) is 5.78. The number of ether oxygens (including phenoxy) is 2. The molecule has 0 bridgehead atoms. The number of nitrogens with one attached hydrogen (secondary N) is 1. The highest BCUT2D eigenvalue weighted by atomic mass is 35.5. The zero-order chi connectivity index (χ0) is 22.4. The minimum Gasteiger partial charge on any atom is -0.495 e. The summed E-state index contributed by atoms with van der Waals surface area (Å²) < 4.78 is 13.2. The number of carbonyl (C=O) groups is 1. The van der Waals surface area contributed by atoms with E-state index >= 15 is 0 Å². The average Bonchev–Trinajstić information content (AvgIpc) is 3.15. The van der Waals surface area contributed by atoms with Crippen LogP contribution in [0.2, 0.25) is 5.02 Å². The van der Waals surface area contributed by atoms with Gasteiger partial charge < -0.3 is 19.4 Å². The number of amides is 1. The molecule has 7 nitrogen and oxygen atoms in total. The van der Waals surface area contributed by atoms with E-state index in [1.807, 2.05) is 37.5 Å². The minimum absolute atomic E-state index is 0.172. The number of hydrogen-bond donors (Lipinski definition) is 1. The van der Waals surface area contributed by atoms with Gasteiger partial charge in [0.05, 0.1) is 18.6 Å². The van der Waals surface area contributed by atoms with Crippen molar-refractivity contribution in [2.45, 2.75) is 39.1 Å². The highest BCUT2D eigenvalue weighted by molar-refractivity contribution is 7.99. The maximum Gasteiger partial charge on any atom is 0.234 e. The van der Waals surface area contributed by atoms with Crippen LogP contribution in [0.5, 0.6) is 11.5 Å². The van der Waals surface area contributed by atoms with Crippen molar-refractivity contribution in [2.24, 2.45) is 0 Å². The lowest BCUT2D eigenvalue weighted by molar-refractivity contribution is -0.113. The van der Waals surface area contributed by atoms with E-state index < -0.39 is 0 Å². The van der Waals surface area contributed by atoms with Crippen LogP contribution in [-0.2, 0) is 17.9 Å². The summed E-state index contributed by atoms with van der Waals surface area (Å²) in [6, 6.07) is 11.2. The van der Waals surface area contributed by atoms with Gasteiger partial charge in [-0.1, -0.05) is 35.5 Å². The Hall–Kier alpha value is -2.71. The fourth-order valence-electron chi connectivity index (χ4n) is 2.95. The molecule has 0 spiro atoms. The largest absolute Gasteiger partial charge is 0.495 e. The van der Waals surface area contributed by atoms with E-state index in [0.29, 0.717) is 40.6 Å². The Morgan fingerprint density at radius 2 is 1.97 bits per heavy atom. The molecule has 0 saturated carbocycles. The summed E-state index contributed by atoms with van der Waals surface area (Å²) in [5.41, 5.74) is 2.73. The molecule has 1 aromatic heterocycles. The first-order valence-electron chi connectivity index (χ1n) is 9.79. The molecule has 0 aliphatic rings. The normalized spacial score (nSPS) is 10.7. The Kier molecular flexibility index (Phi) is 7.81. The standard InChI is InChI=1S/C22H25ClN4O3S/c1-5-27-20(12-30-19-10-14(2)6-7-15(19)3)25-26-22(27)31-13-21(28)24-17-11-16(23)8-9-18(17)29-4/h6-11H,5,12-13H2,1-4H3,(H,24,28). The molecule has 0 aliphatic carbocycles. The summed E-state index contributed by atoms with van der Waals surface area (Å²) in [5, 5.41) is 12.5. The SMILES string of the molecule is CCn1c(COc2cc(C)ccc2C)nnc1SCC(=O)Nc1cc(Cl)ccc1OC. The molecule has 2 aromatic carbocycles. The van der Waals surface area contributed by atoms with Gasteiger partial charge >= 0.3 is 0 Å². The third kappa shape index (κ3) is 5.92. The summed E-state index contributed by atoms with van der Waals surface area (Å²) in [5.74, 6) is 2.07. The van der Waals surface area contributed by atoms with Crippen LogP contribution < -0.4 is 14.8 Å². The number of nitrogens with zero attached hydrogens (tertiary/aromatic N) is 3. The van der Waals surface area contributed by atoms with Gasteiger partial charge in [0.2, 0.25) is 5.91 Å². The Morgan fingerprint density at radius 1 is 1.16 bits per heavy atom. The second-order valence-electron chi connectivity index (χ2n) is 6.88. The molecule has 0 saturated heterocycles. The molecule has 0 fully saturated rings. The molecular formula is C22H25ClN4O3S. The van der Waals surface area contributed by atoms with E-state index in [-0.39, 0.29) is 11.7 Å². The van der Waals surface area contributed by atoms with Gasteiger partial charge in [0.1, 0.15) is 18.1 Å². The molecule has 164 valence electrons. The van der Waals surface area contributed by atoms with Gasteiger partial charge in [-0.3, -0.25) is 4.79 Å². The zero-order valence-electron chi connectivity index (χ0n) is 17.9. The fraction of sp³-hybridized carbons (Fsp3) is 0.318. The second-order valence-corrected chi connectivity index (χ2v) is 8.26. The molecule has 1 heterocycles. The maximum atomic E-state index is 12.4. The third-order valence-electron chi connectivity index (χ3n) is 4.58. The summed E-state index contributed by atoms with van der Waals surface area (Å²) >= 11 is 7.33. The van der Waals surface area contributed by atoms with Crippen LogP contribution in [0.15, 0.2) is 41.6 Å². The van der Waals surface area contributed by atoms with Gasteiger partial charge in [-0.05, 0) is 56.2 Å². The zero-order valence-corrected chi connectivity index (χ0v) is 19.5. The van der Waals surface area contributed by atoms with Crippen LogP contribution in [0.4, 0.5) is 5.69 Å². The summed E-state index contributed by atoms with van der Waals surface area (Å²) in [4.78, 5) is 12.4. The van der Waals surface area contributed by atoms with Crippen LogP contribution in [0.1, 0.15) is 23.9 Å². The number of benzene rings is 2. The van der Waals surface area contributed by atoms with Crippen LogP contribution in [-0.4, -0.2) is 33.5 Å². The first-order valence-corrected chi connectivity index (χ1v) is 11.2. The number of carbonyl (C=O) groups excluding carboxylic acids is 1. The Bertz CT molecular complexity index is 1070. The van der Waals surface area contributed by atoms with Crippen LogP contribution in [0, 0.1) is 13.8 Å². The van der Waals surface area contributed by atoms with Crippen LogP contribution in [0.25, 0.3) is 0 Å². The minimum atomic E-state index is -0.190. The second kappa shape index (κ2) is 10.5. The van der Waals surface area contributed by atoms with Crippen molar-refractivity contribution in [3.05, 3.63) is 58.4 Å². The number of thioether (sulfide) groups is 1. The number of aryl methyl sites for hydroxylation is 2. The Labute approximate surface area is 191 Å². The van der Waals surface area contributed by atoms with Crippen molar-refractivity contribution < 1.29 is 14.3 Å². The van der Waals surface area contributed by atoms with E-state index in [1.54, 1.807) is 25.3 Å². The maximum absolute atomic E-state index is 12.4. The van der Waals surface area contributed by atoms with Crippen molar-refractivity contribution in [1.82, 2.24) is 14.8 Å². The molecule has 0 unspecified atom stereocenters. The molecule has 0 radical (unpaired) electrons. The number of hydrogen-bond acceptors (Lipinski definition) is 6. The number of rotatable bonds is 9. The Morgan fingerprint density at radius 3 is 2.71 bits per heavy atom. The lowest BCUT2D eigenvalue weighted by Crippen LogP contribution is -2.15. The van der Waals surface area contributed by atoms with E-state index in [2.05, 4.69) is 21.6 Å². The first kappa shape index (κ1) is 23.0. The number of anilines is 1. The van der Waals surface area contributed by atoms with Gasteiger partial charge in [0, 0.05) is 11.6 Å². The molecule has 0 aliphatic heterocycles. The Balaban J connectivity index is 1.62. The van der Waals surface area contributed by atoms with Gasteiger partial charge in [-0.25, -0.2) is 0 Å². The van der Waals surface area contributed by atoms with Crippen LogP contribution in [0.3, 0.4) is 0 Å². The average molecular weight is 461 g/mol. The summed E-state index contributed by atoms with van der Waals surface area (Å²) in [6.45, 7) is 7.02. The van der Waals surface area contributed by atoms with Crippen LogP contribution >= 0.6 is 23.4 Å². The molecule has 9 heteroatoms. The van der Waals surface area contributed by atoms with E-state index in [0.717, 1.165) is 16.9 Å². The summed E-state index contributed by atoms with van der Waals surface area (Å²) in [6.07, 6.45) is 0. The smallest absolute Gasteiger partial charge is 0.234 e. The highest BCUT2D eigenvalue weighted by Gasteiger charge is 2.15. The van der Waals surface area contributed by atoms with E-state index in [4.69, 9.17) is 21.1 Å². The summed E-state index contributed by atoms with van der Waals surface area (Å²) in [7, 11) is 1.54. The fourth-order valence-corrected chi connectivity index (χ4v) is 3.94. The van der Waals surface area contributed by atoms with Gasteiger partial charge in [0.25, 0.3) is 0 Å². The molecular weight excluding hydrogens is 436 g/mol. The van der Waals surface area contributed by atoms with Crippen molar-refractivity contribution in [2.75, 3.05) is 18.2 Å². The molecule has 31 heavy (non-hydrogen) atoms. The van der Waals surface area contributed by atoms with Crippen molar-refractivity contribution in [1.29, 1.82) is 0 Å². The quantitative estimate of drug-likeness (QED) is 0.458. The van der Waals surface area contributed by atoms with Crippen molar-refractivity contribution in [3.63, 3.8) is 0 Å².